The Hall–Kier alpha value is -2.76. The monoisotopic (exact) mass is 396 g/mol. The van der Waals surface area contributed by atoms with Crippen LogP contribution in [0.2, 0.25) is 0 Å². The highest BCUT2D eigenvalue weighted by Gasteiger charge is 2.48. The van der Waals surface area contributed by atoms with Crippen LogP contribution in [0.25, 0.3) is 0 Å². The predicted octanol–water partition coefficient (Wildman–Crippen LogP) is 4.07. The van der Waals surface area contributed by atoms with E-state index in [1.54, 1.807) is 30.3 Å². The van der Waals surface area contributed by atoms with Gasteiger partial charge >= 0.3 is 0 Å². The minimum absolute atomic E-state index is 0.0313. The van der Waals surface area contributed by atoms with E-state index in [0.29, 0.717) is 42.1 Å². The standard InChI is InChI=1S/C23H25FN2O3/c1-23(2)12-16-13-25(22(27)15-6-7-20-21(10-15)29-14-28-20)9-8-19(16)26(23)18-5-3-4-17(24)11-18/h3-7,10-11,16,19H,8-9,12-14H2,1-2H3/t16-,19+/m1/s1. The summed E-state index contributed by atoms with van der Waals surface area (Å²) in [5.41, 5.74) is 1.48. The Labute approximate surface area is 170 Å². The molecule has 0 N–H and O–H groups in total. The van der Waals surface area contributed by atoms with Gasteiger partial charge in [0.15, 0.2) is 11.5 Å². The average Bonchev–Trinajstić information content (AvgIpc) is 3.26. The first-order valence-corrected chi connectivity index (χ1v) is 10.2. The fourth-order valence-electron chi connectivity index (χ4n) is 5.31. The van der Waals surface area contributed by atoms with Gasteiger partial charge in [0.25, 0.3) is 5.91 Å². The number of ether oxygens (including phenoxy) is 2. The van der Waals surface area contributed by atoms with Gasteiger partial charge < -0.3 is 19.3 Å². The molecule has 152 valence electrons. The first-order chi connectivity index (χ1) is 13.9. The first-order valence-electron chi connectivity index (χ1n) is 10.2. The third-order valence-corrected chi connectivity index (χ3v) is 6.43. The number of rotatable bonds is 2. The number of anilines is 1. The van der Waals surface area contributed by atoms with E-state index in [9.17, 15) is 9.18 Å². The highest BCUT2D eigenvalue weighted by Crippen LogP contribution is 2.45. The summed E-state index contributed by atoms with van der Waals surface area (Å²) in [4.78, 5) is 17.4. The summed E-state index contributed by atoms with van der Waals surface area (Å²) in [6.07, 6.45) is 1.85. The van der Waals surface area contributed by atoms with Crippen LogP contribution >= 0.6 is 0 Å². The van der Waals surface area contributed by atoms with E-state index < -0.39 is 0 Å². The van der Waals surface area contributed by atoms with Crippen molar-refractivity contribution in [1.29, 1.82) is 0 Å². The average molecular weight is 396 g/mol. The zero-order valence-electron chi connectivity index (χ0n) is 16.7. The molecule has 1 amide bonds. The molecule has 0 aliphatic carbocycles. The lowest BCUT2D eigenvalue weighted by Gasteiger charge is -2.42. The highest BCUT2D eigenvalue weighted by molar-refractivity contribution is 5.95. The van der Waals surface area contributed by atoms with Crippen molar-refractivity contribution in [2.45, 2.75) is 38.3 Å². The van der Waals surface area contributed by atoms with Gasteiger partial charge in [0.05, 0.1) is 0 Å². The summed E-state index contributed by atoms with van der Waals surface area (Å²) >= 11 is 0. The van der Waals surface area contributed by atoms with Gasteiger partial charge in [0.1, 0.15) is 5.82 Å². The molecule has 2 atom stereocenters. The van der Waals surface area contributed by atoms with E-state index >= 15 is 0 Å². The van der Waals surface area contributed by atoms with Crippen LogP contribution in [0, 0.1) is 11.7 Å². The molecular weight excluding hydrogens is 371 g/mol. The maximum absolute atomic E-state index is 13.8. The van der Waals surface area contributed by atoms with Crippen molar-refractivity contribution in [3.05, 3.63) is 53.8 Å². The zero-order chi connectivity index (χ0) is 20.2. The van der Waals surface area contributed by atoms with E-state index in [1.165, 1.54) is 6.07 Å². The number of piperidine rings is 1. The van der Waals surface area contributed by atoms with Crippen molar-refractivity contribution in [2.24, 2.45) is 5.92 Å². The van der Waals surface area contributed by atoms with Crippen LogP contribution in [-0.4, -0.2) is 42.3 Å². The van der Waals surface area contributed by atoms with Gasteiger partial charge in [-0.3, -0.25) is 4.79 Å². The van der Waals surface area contributed by atoms with E-state index in [4.69, 9.17) is 9.47 Å². The summed E-state index contributed by atoms with van der Waals surface area (Å²) in [6.45, 7) is 6.02. The van der Waals surface area contributed by atoms with Crippen molar-refractivity contribution in [3.8, 4) is 11.5 Å². The van der Waals surface area contributed by atoms with Crippen LogP contribution < -0.4 is 14.4 Å². The molecule has 2 aromatic carbocycles. The summed E-state index contributed by atoms with van der Waals surface area (Å²) in [6, 6.07) is 12.5. The maximum Gasteiger partial charge on any atom is 0.254 e. The van der Waals surface area contributed by atoms with E-state index in [-0.39, 0.29) is 24.1 Å². The largest absolute Gasteiger partial charge is 0.454 e. The Morgan fingerprint density at radius 2 is 1.97 bits per heavy atom. The van der Waals surface area contributed by atoms with Gasteiger partial charge in [-0.1, -0.05) is 6.07 Å². The number of hydrogen-bond acceptors (Lipinski definition) is 4. The van der Waals surface area contributed by atoms with Gasteiger partial charge in [-0.25, -0.2) is 4.39 Å². The molecule has 2 saturated heterocycles. The highest BCUT2D eigenvalue weighted by atomic mass is 19.1. The Kier molecular flexibility index (Phi) is 4.19. The molecule has 0 radical (unpaired) electrons. The molecular formula is C23H25FN2O3. The lowest BCUT2D eigenvalue weighted by Crippen LogP contribution is -2.50. The summed E-state index contributed by atoms with van der Waals surface area (Å²) < 4.78 is 24.6. The van der Waals surface area contributed by atoms with E-state index in [2.05, 4.69) is 18.7 Å². The number of nitrogens with zero attached hydrogens (tertiary/aromatic N) is 2. The smallest absolute Gasteiger partial charge is 0.254 e. The second kappa shape index (κ2) is 6.65. The Balaban J connectivity index is 1.36. The quantitative estimate of drug-likeness (QED) is 0.767. The van der Waals surface area contributed by atoms with Gasteiger partial charge in [-0.05, 0) is 69.0 Å². The molecule has 0 aromatic heterocycles. The third-order valence-electron chi connectivity index (χ3n) is 6.43. The van der Waals surface area contributed by atoms with E-state index in [1.807, 2.05) is 11.0 Å². The number of hydrogen-bond donors (Lipinski definition) is 0. The fraction of sp³-hybridized carbons (Fsp3) is 0.435. The van der Waals surface area contributed by atoms with Crippen LogP contribution in [0.4, 0.5) is 10.1 Å². The summed E-state index contributed by atoms with van der Waals surface area (Å²) in [5, 5.41) is 0. The topological polar surface area (TPSA) is 42.0 Å². The molecule has 6 heteroatoms. The maximum atomic E-state index is 13.8. The predicted molar refractivity (Wildman–Crippen MR) is 108 cm³/mol. The number of carbonyl (C=O) groups is 1. The number of benzene rings is 2. The van der Waals surface area contributed by atoms with Gasteiger partial charge in [0.2, 0.25) is 6.79 Å². The number of fused-ring (bicyclic) bond motifs is 2. The molecule has 5 rings (SSSR count). The van der Waals surface area contributed by atoms with Crippen molar-refractivity contribution in [3.63, 3.8) is 0 Å². The van der Waals surface area contributed by atoms with Crippen molar-refractivity contribution >= 4 is 11.6 Å². The fourth-order valence-corrected chi connectivity index (χ4v) is 5.31. The molecule has 2 fully saturated rings. The second-order valence-electron chi connectivity index (χ2n) is 8.80. The molecule has 0 bridgehead atoms. The molecule has 0 unspecified atom stereocenters. The Morgan fingerprint density at radius 1 is 1.14 bits per heavy atom. The lowest BCUT2D eigenvalue weighted by atomic mass is 9.89. The van der Waals surface area contributed by atoms with Crippen molar-refractivity contribution in [2.75, 3.05) is 24.8 Å². The molecule has 3 aliphatic rings. The zero-order valence-corrected chi connectivity index (χ0v) is 16.7. The minimum Gasteiger partial charge on any atom is -0.454 e. The number of likely N-dealkylation sites (tertiary alicyclic amines) is 1. The number of carbonyl (C=O) groups excluding carboxylic acids is 1. The molecule has 2 aromatic rings. The van der Waals surface area contributed by atoms with Crippen LogP contribution in [0.1, 0.15) is 37.0 Å². The lowest BCUT2D eigenvalue weighted by molar-refractivity contribution is 0.0667. The van der Waals surface area contributed by atoms with Crippen LogP contribution in [0.5, 0.6) is 11.5 Å². The molecule has 0 saturated carbocycles. The molecule has 3 heterocycles. The minimum atomic E-state index is -0.211. The summed E-state index contributed by atoms with van der Waals surface area (Å²) in [7, 11) is 0. The molecule has 5 nitrogen and oxygen atoms in total. The second-order valence-corrected chi connectivity index (χ2v) is 8.80. The molecule has 3 aliphatic heterocycles. The van der Waals surface area contributed by atoms with Gasteiger partial charge in [0, 0.05) is 35.9 Å². The third kappa shape index (κ3) is 3.11. The molecule has 29 heavy (non-hydrogen) atoms. The van der Waals surface area contributed by atoms with Gasteiger partial charge in [-0.2, -0.15) is 0 Å². The van der Waals surface area contributed by atoms with Crippen LogP contribution in [0.3, 0.4) is 0 Å². The summed E-state index contributed by atoms with van der Waals surface area (Å²) in [5.74, 6) is 1.49. The normalized spacial score (nSPS) is 24.5. The van der Waals surface area contributed by atoms with Crippen LogP contribution in [0.15, 0.2) is 42.5 Å². The number of halogens is 1. The van der Waals surface area contributed by atoms with Gasteiger partial charge in [-0.15, -0.1) is 0 Å². The number of amides is 1. The SMILES string of the molecule is CC1(C)C[C@@H]2CN(C(=O)c3ccc4c(c3)OCO4)CC[C@@H]2N1c1cccc(F)c1. The van der Waals surface area contributed by atoms with Crippen molar-refractivity contribution in [1.82, 2.24) is 4.90 Å². The van der Waals surface area contributed by atoms with Crippen LogP contribution in [-0.2, 0) is 0 Å². The van der Waals surface area contributed by atoms with Crippen molar-refractivity contribution < 1.29 is 18.7 Å². The Bertz CT molecular complexity index is 961. The van der Waals surface area contributed by atoms with E-state index in [0.717, 1.165) is 18.5 Å². The first kappa shape index (κ1) is 18.3. The molecule has 0 spiro atoms. The Morgan fingerprint density at radius 3 is 2.79 bits per heavy atom.